The predicted octanol–water partition coefficient (Wildman–Crippen LogP) is 5.17. The van der Waals surface area contributed by atoms with Gasteiger partial charge in [-0.3, -0.25) is 8.80 Å². The molecule has 0 aliphatic carbocycles. The van der Waals surface area contributed by atoms with Gasteiger partial charge in [0.05, 0.1) is 23.1 Å². The largest absolute Gasteiger partial charge is 0.465 e. The van der Waals surface area contributed by atoms with E-state index in [2.05, 4.69) is 98.4 Å². The van der Waals surface area contributed by atoms with Gasteiger partial charge in [-0.05, 0) is 34.7 Å². The first-order valence-electron chi connectivity index (χ1n) is 14.6. The van der Waals surface area contributed by atoms with Gasteiger partial charge in [-0.2, -0.15) is 0 Å². The first kappa shape index (κ1) is 33.1. The summed E-state index contributed by atoms with van der Waals surface area (Å²) in [5.41, 5.74) is 4.95. The van der Waals surface area contributed by atoms with E-state index in [1.165, 1.54) is 13.2 Å². The van der Waals surface area contributed by atoms with E-state index in [1.54, 1.807) is 35.6 Å². The minimum absolute atomic E-state index is 0.332. The maximum absolute atomic E-state index is 12.1. The van der Waals surface area contributed by atoms with E-state index < -0.39 is 22.1 Å². The van der Waals surface area contributed by atoms with Crippen molar-refractivity contribution >= 4 is 78.3 Å². The summed E-state index contributed by atoms with van der Waals surface area (Å²) in [6.45, 7) is 16.4. The van der Waals surface area contributed by atoms with Crippen LogP contribution in [-0.2, 0) is 27.7 Å². The van der Waals surface area contributed by atoms with E-state index >= 15 is 0 Å². The van der Waals surface area contributed by atoms with E-state index in [4.69, 9.17) is 14.2 Å². The molecule has 6 aromatic heterocycles. The van der Waals surface area contributed by atoms with Crippen molar-refractivity contribution in [1.82, 2.24) is 48.3 Å². The van der Waals surface area contributed by atoms with Gasteiger partial charge >= 0.3 is 5.97 Å². The van der Waals surface area contributed by atoms with Crippen LogP contribution in [0.2, 0.25) is 51.4 Å². The molecule has 6 aromatic rings. The number of fused-ring (bicyclic) bond motifs is 6. The topological polar surface area (TPSA) is 141 Å². The van der Waals surface area contributed by atoms with Gasteiger partial charge in [-0.25, -0.2) is 14.8 Å². The smallest absolute Gasteiger partial charge is 0.341 e. The second-order valence-electron chi connectivity index (χ2n) is 13.1. The van der Waals surface area contributed by atoms with Gasteiger partial charge in [-0.1, -0.05) is 39.3 Å². The molecule has 0 fully saturated rings. The first-order valence-corrected chi connectivity index (χ1v) is 23.1. The zero-order valence-corrected chi connectivity index (χ0v) is 30.8. The molecule has 240 valence electrons. The molecule has 0 N–H and O–H groups in total. The summed E-state index contributed by atoms with van der Waals surface area (Å²) in [6, 6.07) is 2.26. The number of esters is 1. The van der Waals surface area contributed by atoms with Crippen LogP contribution in [-0.4, -0.2) is 90.7 Å². The third-order valence-corrected chi connectivity index (χ3v) is 11.3. The van der Waals surface area contributed by atoms with Gasteiger partial charge < -0.3 is 23.3 Å². The standard InChI is InChI=1S/C15H21N5O3Si.C13H18IN5OSi/c1-22-15(21)11-8-19(10-23-5-6-24(2,3)4)14-13(11)20-9-17-18-12(20)7-16-14;1-21(2,3)5-4-20-9-18-7-10(14)12-13(18)15-6-11-17-16-8-19(11)12/h7-9H,5-6,10H2,1-4H3;6-8H,4-5,9H2,1-3H3. The Kier molecular flexibility index (Phi) is 10.0. The molecule has 0 aliphatic heterocycles. The van der Waals surface area contributed by atoms with Gasteiger partial charge in [0, 0.05) is 41.8 Å². The van der Waals surface area contributed by atoms with Crippen LogP contribution in [0.4, 0.5) is 0 Å². The van der Waals surface area contributed by atoms with Crippen LogP contribution >= 0.6 is 22.6 Å². The molecule has 0 saturated heterocycles. The Hall–Kier alpha value is -3.27. The van der Waals surface area contributed by atoms with Crippen molar-refractivity contribution in [3.05, 3.63) is 46.6 Å². The molecular weight excluding hydrogens is 723 g/mol. The number of carbonyl (C=O) groups is 1. The Bertz CT molecular complexity index is 1940. The van der Waals surface area contributed by atoms with Gasteiger partial charge in [0.2, 0.25) is 0 Å². The van der Waals surface area contributed by atoms with Crippen LogP contribution in [0, 0.1) is 3.57 Å². The summed E-state index contributed by atoms with van der Waals surface area (Å²) in [6.07, 6.45) is 10.4. The minimum Gasteiger partial charge on any atom is -0.465 e. The molecule has 45 heavy (non-hydrogen) atoms. The Balaban J connectivity index is 0.000000179. The first-order chi connectivity index (χ1) is 21.4. The number of hydrogen-bond donors (Lipinski definition) is 0. The number of methoxy groups -OCH3 is 1. The normalized spacial score (nSPS) is 12.4. The van der Waals surface area contributed by atoms with Gasteiger partial charge in [-0.15, -0.1) is 20.4 Å². The number of aromatic nitrogens is 10. The third kappa shape index (κ3) is 7.76. The fourth-order valence-corrected chi connectivity index (χ4v) is 6.90. The quantitative estimate of drug-likeness (QED) is 0.0752. The van der Waals surface area contributed by atoms with Crippen LogP contribution in [0.25, 0.3) is 33.6 Å². The van der Waals surface area contributed by atoms with E-state index in [-0.39, 0.29) is 0 Å². The zero-order valence-electron chi connectivity index (χ0n) is 26.7. The summed E-state index contributed by atoms with van der Waals surface area (Å²) >= 11 is 2.31. The van der Waals surface area contributed by atoms with E-state index in [0.717, 1.165) is 33.0 Å². The molecule has 0 saturated carbocycles. The summed E-state index contributed by atoms with van der Waals surface area (Å²) in [4.78, 5) is 21.0. The number of hydrogen-bond acceptors (Lipinski definition) is 10. The fraction of sp³-hybridized carbons (Fsp3) is 0.464. The van der Waals surface area contributed by atoms with Gasteiger partial charge in [0.1, 0.15) is 42.7 Å². The number of nitrogens with zero attached hydrogens (tertiary/aromatic N) is 10. The summed E-state index contributed by atoms with van der Waals surface area (Å²) < 4.78 is 25.2. The molecule has 6 rings (SSSR count). The van der Waals surface area contributed by atoms with E-state index in [9.17, 15) is 4.79 Å². The number of rotatable bonds is 11. The van der Waals surface area contributed by atoms with Crippen LogP contribution < -0.4 is 0 Å². The Morgan fingerprint density at radius 1 is 0.778 bits per heavy atom. The number of ether oxygens (including phenoxy) is 3. The lowest BCUT2D eigenvalue weighted by atomic mass is 10.3. The SMILES string of the molecule is COC(=O)c1cn(COCC[Si](C)(C)C)c2ncc3nncn3c12.C[Si](C)(C)CCOCn1cc(I)c2c1ncc1nncn12. The van der Waals surface area contributed by atoms with Gasteiger partial charge in [0.15, 0.2) is 22.6 Å². The van der Waals surface area contributed by atoms with Crippen molar-refractivity contribution in [2.24, 2.45) is 0 Å². The fourth-order valence-electron chi connectivity index (χ4n) is 4.55. The Labute approximate surface area is 276 Å². The zero-order chi connectivity index (χ0) is 32.4. The maximum atomic E-state index is 12.1. The van der Waals surface area contributed by atoms with E-state index in [0.29, 0.717) is 42.4 Å². The molecular formula is C28H39IN10O4Si2. The number of carbonyl (C=O) groups excluding carboxylic acids is 1. The second kappa shape index (κ2) is 13.6. The monoisotopic (exact) mass is 762 g/mol. The maximum Gasteiger partial charge on any atom is 0.341 e. The number of halogens is 1. The second-order valence-corrected chi connectivity index (χ2v) is 25.5. The summed E-state index contributed by atoms with van der Waals surface area (Å²) in [7, 11) is -0.826. The molecule has 14 nitrogen and oxygen atoms in total. The van der Waals surface area contributed by atoms with Crippen molar-refractivity contribution in [2.75, 3.05) is 20.3 Å². The van der Waals surface area contributed by atoms with Crippen LogP contribution in [0.3, 0.4) is 0 Å². The Morgan fingerprint density at radius 2 is 1.27 bits per heavy atom. The van der Waals surface area contributed by atoms with Gasteiger partial charge in [0.25, 0.3) is 0 Å². The van der Waals surface area contributed by atoms with Crippen molar-refractivity contribution in [2.45, 2.75) is 64.8 Å². The van der Waals surface area contributed by atoms with Crippen molar-refractivity contribution in [3.8, 4) is 0 Å². The van der Waals surface area contributed by atoms with Crippen molar-refractivity contribution in [1.29, 1.82) is 0 Å². The average molecular weight is 763 g/mol. The Morgan fingerprint density at radius 3 is 1.78 bits per heavy atom. The lowest BCUT2D eigenvalue weighted by molar-refractivity contribution is 0.0600. The molecule has 0 amide bonds. The van der Waals surface area contributed by atoms with E-state index in [1.807, 2.05) is 13.5 Å². The average Bonchev–Trinajstić information content (AvgIpc) is 3.77. The predicted molar refractivity (Wildman–Crippen MR) is 185 cm³/mol. The van der Waals surface area contributed by atoms with Crippen molar-refractivity contribution in [3.63, 3.8) is 0 Å². The van der Waals surface area contributed by atoms with Crippen molar-refractivity contribution < 1.29 is 19.0 Å². The molecule has 0 spiro atoms. The minimum atomic E-state index is -1.14. The molecule has 0 aliphatic rings. The highest BCUT2D eigenvalue weighted by Gasteiger charge is 2.20. The van der Waals surface area contributed by atoms with Crippen LogP contribution in [0.5, 0.6) is 0 Å². The highest BCUT2D eigenvalue weighted by atomic mass is 127. The lowest BCUT2D eigenvalue weighted by Gasteiger charge is -2.15. The lowest BCUT2D eigenvalue weighted by Crippen LogP contribution is -2.22. The third-order valence-electron chi connectivity index (χ3n) is 7.10. The molecule has 6 heterocycles. The summed E-state index contributed by atoms with van der Waals surface area (Å²) in [5, 5.41) is 15.8. The molecule has 0 aromatic carbocycles. The molecule has 0 atom stereocenters. The highest BCUT2D eigenvalue weighted by Crippen LogP contribution is 2.23. The molecule has 0 radical (unpaired) electrons. The summed E-state index contributed by atoms with van der Waals surface area (Å²) in [5.74, 6) is -0.427. The molecule has 17 heteroatoms. The highest BCUT2D eigenvalue weighted by molar-refractivity contribution is 14.1. The molecule has 0 unspecified atom stereocenters. The van der Waals surface area contributed by atoms with Crippen LogP contribution in [0.1, 0.15) is 10.4 Å². The molecule has 0 bridgehead atoms. The van der Waals surface area contributed by atoms with Crippen LogP contribution in [0.15, 0.2) is 37.4 Å².